The van der Waals surface area contributed by atoms with E-state index in [4.69, 9.17) is 0 Å². The molecule has 0 unspecified atom stereocenters. The van der Waals surface area contributed by atoms with Gasteiger partial charge in [-0.2, -0.15) is 4.40 Å². The predicted octanol–water partition coefficient (Wildman–Crippen LogP) is 8.19. The van der Waals surface area contributed by atoms with Crippen LogP contribution >= 0.6 is 0 Å². The molecule has 35 heavy (non-hydrogen) atoms. The summed E-state index contributed by atoms with van der Waals surface area (Å²) in [6.45, 7) is 16.4. The third-order valence-electron chi connectivity index (χ3n) is 9.18. The first kappa shape index (κ1) is 22.3. The number of hydrogen-bond donors (Lipinski definition) is 0. The van der Waals surface area contributed by atoms with E-state index in [0.29, 0.717) is 0 Å². The minimum atomic E-state index is -0.0451. The molecule has 0 bridgehead atoms. The Morgan fingerprint density at radius 3 is 2.31 bits per heavy atom. The van der Waals surface area contributed by atoms with Crippen LogP contribution in [0, 0.1) is 13.8 Å². The Bertz CT molecular complexity index is 1630. The first-order chi connectivity index (χ1) is 16.7. The lowest BCUT2D eigenvalue weighted by Gasteiger charge is -2.42. The molecule has 0 N–H and O–H groups in total. The standard InChI is InChI=1S/C33H37N2/c1-8-9-14-23-19-25-24-15-11-16-27-29(24)31-34(17-18-35(31)33(6,7)32(27,4)5)30(25)26(20-23)28-21(2)12-10-13-22(28)3/h10-13,15-20H,8-9,14H2,1-7H3/q+1. The summed E-state index contributed by atoms with van der Waals surface area (Å²) in [6.07, 6.45) is 8.16. The molecule has 1 aliphatic rings. The van der Waals surface area contributed by atoms with Gasteiger partial charge in [-0.15, -0.1) is 0 Å². The van der Waals surface area contributed by atoms with Crippen LogP contribution in [0.1, 0.15) is 69.7 Å². The van der Waals surface area contributed by atoms with Gasteiger partial charge in [-0.1, -0.05) is 63.6 Å². The molecule has 0 saturated heterocycles. The molecule has 2 aromatic heterocycles. The maximum atomic E-state index is 2.53. The predicted molar refractivity (Wildman–Crippen MR) is 148 cm³/mol. The maximum Gasteiger partial charge on any atom is 0.295 e. The van der Waals surface area contributed by atoms with Gasteiger partial charge in [-0.05, 0) is 80.5 Å². The molecule has 3 heterocycles. The second-order valence-corrected chi connectivity index (χ2v) is 11.7. The third kappa shape index (κ3) is 2.86. The zero-order valence-electron chi connectivity index (χ0n) is 22.3. The van der Waals surface area contributed by atoms with Gasteiger partial charge in [0.15, 0.2) is 0 Å². The van der Waals surface area contributed by atoms with Crippen molar-refractivity contribution in [3.8, 4) is 11.1 Å². The van der Waals surface area contributed by atoms with Crippen LogP contribution in [0.3, 0.4) is 0 Å². The molecule has 178 valence electrons. The number of nitrogens with zero attached hydrogens (tertiary/aromatic N) is 2. The number of pyridine rings is 1. The van der Waals surface area contributed by atoms with Gasteiger partial charge in [0.1, 0.15) is 23.4 Å². The lowest BCUT2D eigenvalue weighted by molar-refractivity contribution is -0.745. The molecule has 1 aliphatic heterocycles. The topological polar surface area (TPSA) is 8.29 Å². The molecular weight excluding hydrogens is 424 g/mol. The Kier molecular flexibility index (Phi) is 4.75. The minimum absolute atomic E-state index is 0.00888. The van der Waals surface area contributed by atoms with Crippen LogP contribution in [0.4, 0.5) is 0 Å². The maximum absolute atomic E-state index is 2.53. The van der Waals surface area contributed by atoms with E-state index in [-0.39, 0.29) is 11.0 Å². The van der Waals surface area contributed by atoms with E-state index in [9.17, 15) is 0 Å². The molecule has 0 amide bonds. The van der Waals surface area contributed by atoms with Crippen molar-refractivity contribution < 1.29 is 4.57 Å². The van der Waals surface area contributed by atoms with Crippen LogP contribution in [-0.2, 0) is 17.4 Å². The molecule has 2 heteroatoms. The Hall–Kier alpha value is -3.13. The average molecular weight is 462 g/mol. The Morgan fingerprint density at radius 2 is 1.60 bits per heavy atom. The highest BCUT2D eigenvalue weighted by Gasteiger charge is 2.50. The third-order valence-corrected chi connectivity index (χ3v) is 9.18. The summed E-state index contributed by atoms with van der Waals surface area (Å²) in [4.78, 5) is 0. The number of unbranched alkanes of at least 4 members (excludes halogenated alkanes) is 1. The highest BCUT2D eigenvalue weighted by molar-refractivity contribution is 6.16. The van der Waals surface area contributed by atoms with E-state index in [1.54, 1.807) is 0 Å². The summed E-state index contributed by atoms with van der Waals surface area (Å²) in [7, 11) is 0. The monoisotopic (exact) mass is 461 g/mol. The van der Waals surface area contributed by atoms with Crippen molar-refractivity contribution in [1.29, 1.82) is 0 Å². The number of rotatable bonds is 4. The lowest BCUT2D eigenvalue weighted by Crippen LogP contribution is -2.63. The largest absolute Gasteiger partial charge is 0.295 e. The van der Waals surface area contributed by atoms with E-state index in [0.717, 1.165) is 6.42 Å². The van der Waals surface area contributed by atoms with Gasteiger partial charge in [-0.3, -0.25) is 0 Å². The second kappa shape index (κ2) is 7.43. The normalized spacial score (nSPS) is 16.1. The van der Waals surface area contributed by atoms with Crippen molar-refractivity contribution >= 4 is 27.3 Å². The number of hydrogen-bond acceptors (Lipinski definition) is 0. The smallest absolute Gasteiger partial charge is 0.224 e. The zero-order valence-corrected chi connectivity index (χ0v) is 22.3. The molecule has 5 aromatic rings. The molecule has 2 nitrogen and oxygen atoms in total. The van der Waals surface area contributed by atoms with E-state index in [1.165, 1.54) is 73.5 Å². The second-order valence-electron chi connectivity index (χ2n) is 11.7. The number of aromatic nitrogens is 2. The lowest BCUT2D eigenvalue weighted by atomic mass is 9.66. The molecule has 0 saturated carbocycles. The van der Waals surface area contributed by atoms with Crippen molar-refractivity contribution in [3.05, 3.63) is 83.2 Å². The summed E-state index contributed by atoms with van der Waals surface area (Å²) in [5.41, 5.74) is 10.9. The Labute approximate surface area is 209 Å². The molecule has 3 aromatic carbocycles. The summed E-state index contributed by atoms with van der Waals surface area (Å²) >= 11 is 0. The van der Waals surface area contributed by atoms with Crippen molar-refractivity contribution in [2.24, 2.45) is 0 Å². The van der Waals surface area contributed by atoms with Gasteiger partial charge in [0.25, 0.3) is 5.65 Å². The molecule has 6 rings (SSSR count). The van der Waals surface area contributed by atoms with Crippen LogP contribution in [0.5, 0.6) is 0 Å². The van der Waals surface area contributed by atoms with Crippen molar-refractivity contribution in [2.45, 2.75) is 78.7 Å². The van der Waals surface area contributed by atoms with Crippen LogP contribution in [-0.4, -0.2) is 4.40 Å². The van der Waals surface area contributed by atoms with E-state index < -0.39 is 0 Å². The average Bonchev–Trinajstić information content (AvgIpc) is 3.27. The van der Waals surface area contributed by atoms with Crippen molar-refractivity contribution in [1.82, 2.24) is 4.40 Å². The first-order valence-corrected chi connectivity index (χ1v) is 13.2. The van der Waals surface area contributed by atoms with Crippen LogP contribution < -0.4 is 4.57 Å². The summed E-state index contributed by atoms with van der Waals surface area (Å²) in [5.74, 6) is 0. The van der Waals surface area contributed by atoms with E-state index >= 15 is 0 Å². The highest BCUT2D eigenvalue weighted by atomic mass is 15.2. The summed E-state index contributed by atoms with van der Waals surface area (Å²) in [5, 5.41) is 4.17. The van der Waals surface area contributed by atoms with E-state index in [2.05, 4.69) is 118 Å². The van der Waals surface area contributed by atoms with Crippen LogP contribution in [0.25, 0.3) is 38.4 Å². The zero-order chi connectivity index (χ0) is 24.7. The Morgan fingerprint density at radius 1 is 0.886 bits per heavy atom. The van der Waals surface area contributed by atoms with Crippen molar-refractivity contribution in [3.63, 3.8) is 0 Å². The van der Waals surface area contributed by atoms with Crippen LogP contribution in [0.15, 0.2) is 60.9 Å². The van der Waals surface area contributed by atoms with Gasteiger partial charge < -0.3 is 0 Å². The molecular formula is C33H37N2+. The highest BCUT2D eigenvalue weighted by Crippen LogP contribution is 2.47. The number of aryl methyl sites for hydroxylation is 3. The van der Waals surface area contributed by atoms with Gasteiger partial charge >= 0.3 is 0 Å². The molecule has 0 fully saturated rings. The fourth-order valence-electron chi connectivity index (χ4n) is 6.55. The number of imidazole rings is 1. The van der Waals surface area contributed by atoms with Gasteiger partial charge in [0.05, 0.1) is 5.39 Å². The fraction of sp³-hybridized carbons (Fsp3) is 0.364. The quantitative estimate of drug-likeness (QED) is 0.188. The molecule has 0 atom stereocenters. The van der Waals surface area contributed by atoms with E-state index in [1.807, 2.05) is 0 Å². The Balaban J connectivity index is 1.88. The van der Waals surface area contributed by atoms with Gasteiger partial charge in [-0.25, -0.2) is 4.57 Å². The SMILES string of the molecule is CCCCc1cc(-c2c(C)cccc2C)c2c(c1)c1cccc3c1c1n2cc[n+]1C(C)(C)C3(C)C. The first-order valence-electron chi connectivity index (χ1n) is 13.2. The fourth-order valence-corrected chi connectivity index (χ4v) is 6.55. The number of fused-ring (bicyclic) bond motifs is 3. The van der Waals surface area contributed by atoms with Crippen molar-refractivity contribution in [2.75, 3.05) is 0 Å². The summed E-state index contributed by atoms with van der Waals surface area (Å²) in [6, 6.07) is 18.7. The molecule has 0 aliphatic carbocycles. The number of benzene rings is 3. The molecule has 0 spiro atoms. The minimum Gasteiger partial charge on any atom is -0.224 e. The van der Waals surface area contributed by atoms with Gasteiger partial charge in [0, 0.05) is 21.8 Å². The molecule has 0 radical (unpaired) electrons. The summed E-state index contributed by atoms with van der Waals surface area (Å²) < 4.78 is 5.02. The van der Waals surface area contributed by atoms with Crippen LogP contribution in [0.2, 0.25) is 0 Å². The van der Waals surface area contributed by atoms with Gasteiger partial charge in [0.2, 0.25) is 0 Å².